The zero-order valence-corrected chi connectivity index (χ0v) is 66.8. The minimum absolute atomic E-state index is 0.630. The van der Waals surface area contributed by atoms with Crippen LogP contribution in [0.5, 0.6) is 0 Å². The van der Waals surface area contributed by atoms with Crippen LogP contribution in [0.3, 0.4) is 0 Å². The van der Waals surface area contributed by atoms with E-state index in [1.807, 2.05) is 48.5 Å². The van der Waals surface area contributed by atoms with Gasteiger partial charge in [0.05, 0.1) is 0 Å². The van der Waals surface area contributed by atoms with Crippen LogP contribution in [0.2, 0.25) is 0 Å². The van der Waals surface area contributed by atoms with E-state index in [1.54, 1.807) is 0 Å². The van der Waals surface area contributed by atoms with Gasteiger partial charge >= 0.3 is 0 Å². The summed E-state index contributed by atoms with van der Waals surface area (Å²) in [5.41, 5.74) is 39.9. The molecule has 0 fully saturated rings. The average Bonchev–Trinajstić information content (AvgIpc) is 1.58. The highest BCUT2D eigenvalue weighted by Gasteiger charge is 2.29. The molecule has 572 valence electrons. The smallest absolute Gasteiger partial charge is 0.164 e. The Morgan fingerprint density at radius 2 is 0.279 bits per heavy atom. The fourth-order valence-electron chi connectivity index (χ4n) is 17.5. The van der Waals surface area contributed by atoms with E-state index in [-0.39, 0.29) is 0 Å². The topological polar surface area (TPSA) is 77.3 Å². The van der Waals surface area contributed by atoms with Gasteiger partial charge in [0.15, 0.2) is 34.9 Å². The molecule has 0 bridgehead atoms. The van der Waals surface area contributed by atoms with Crippen LogP contribution in [0, 0.1) is 0 Å². The minimum Gasteiger partial charge on any atom is -0.208 e. The SMILES string of the molecule is c1ccc(-c2ccc(-c3cccc4c3Cc3c(-c5cc(-c6ccccc6)cc(-c6nc(-c7ccccc7)nc(-c7cccc(-c8ccccc8)c7)n6)c5)cccc3-4)cc2)cc1.c1ccc(-c2ccc(-c3nc(-c4ccccc4)nc(-c4cc(-c5ccccc5)cc(-c5cccc6c5Cc5c(-c7ccc(-c8ccccc8)cc7)cccc5-6)c4)n3)cc2)cc1. The van der Waals surface area contributed by atoms with E-state index in [0.717, 1.165) is 96.3 Å². The lowest BCUT2D eigenvalue weighted by Crippen LogP contribution is -2.01. The first kappa shape index (κ1) is 73.6. The zero-order chi connectivity index (χ0) is 81.1. The highest BCUT2D eigenvalue weighted by Crippen LogP contribution is 2.49. The second-order valence-corrected chi connectivity index (χ2v) is 31.1. The van der Waals surface area contributed by atoms with Crippen molar-refractivity contribution in [3.05, 3.63) is 471 Å². The molecule has 0 aliphatic heterocycles. The van der Waals surface area contributed by atoms with Crippen molar-refractivity contribution < 1.29 is 0 Å². The molecule has 20 aromatic rings. The standard InChI is InChI=1S/2C58H39N3/c1-5-16-39(17-6-1)42-30-32-43(33-31-42)50-26-14-28-52-53-29-15-27-51(55(53)38-54(50)52)48-35-47(41-20-9-3-10-21-41)36-49(37-48)58-60-56(44-22-11-4-12-23-44)59-57(61-58)46-25-13-24-45(34-46)40-18-7-2-8-19-40;1-5-15-39(16-6-1)42-27-31-44(32-28-42)50-23-13-25-52-53-26-14-24-51(55(53)38-54(50)52)48-35-47(41-19-9-3-10-20-41)36-49(37-48)58-60-56(45-21-11-4-12-22-45)59-57(61-58)46-33-29-43(30-34-46)40-17-7-2-8-18-40/h2*1-37H,38H2. The van der Waals surface area contributed by atoms with Gasteiger partial charge in [0.2, 0.25) is 0 Å². The van der Waals surface area contributed by atoms with Gasteiger partial charge < -0.3 is 0 Å². The van der Waals surface area contributed by atoms with Crippen molar-refractivity contribution in [2.24, 2.45) is 0 Å². The molecule has 0 radical (unpaired) electrons. The van der Waals surface area contributed by atoms with Crippen LogP contribution in [0.15, 0.2) is 449 Å². The summed E-state index contributed by atoms with van der Waals surface area (Å²) < 4.78 is 0. The van der Waals surface area contributed by atoms with E-state index in [9.17, 15) is 0 Å². The second-order valence-electron chi connectivity index (χ2n) is 31.1. The summed E-state index contributed by atoms with van der Waals surface area (Å²) in [7, 11) is 0. The number of benzene rings is 18. The summed E-state index contributed by atoms with van der Waals surface area (Å²) in [6, 6.07) is 159. The van der Waals surface area contributed by atoms with Crippen molar-refractivity contribution >= 4 is 0 Å². The Hall–Kier alpha value is -16.0. The first-order chi connectivity index (χ1) is 60.4. The molecule has 0 atom stereocenters. The van der Waals surface area contributed by atoms with Gasteiger partial charge in [-0.1, -0.05) is 406 Å². The van der Waals surface area contributed by atoms with Crippen molar-refractivity contribution in [3.8, 4) is 202 Å². The van der Waals surface area contributed by atoms with Gasteiger partial charge in [-0.2, -0.15) is 0 Å². The minimum atomic E-state index is 0.630. The third-order valence-corrected chi connectivity index (χ3v) is 23.6. The summed E-state index contributed by atoms with van der Waals surface area (Å²) in [5, 5.41) is 0. The molecule has 22 rings (SSSR count). The van der Waals surface area contributed by atoms with Gasteiger partial charge in [0, 0.05) is 33.4 Å². The van der Waals surface area contributed by atoms with Crippen LogP contribution in [-0.2, 0) is 12.8 Å². The number of nitrogens with zero attached hydrogens (tertiary/aromatic N) is 6. The predicted octanol–water partition coefficient (Wildman–Crippen LogP) is 29.6. The summed E-state index contributed by atoms with van der Waals surface area (Å²) in [6.45, 7) is 0. The molecule has 0 saturated carbocycles. The van der Waals surface area contributed by atoms with Crippen molar-refractivity contribution in [1.29, 1.82) is 0 Å². The predicted molar refractivity (Wildman–Crippen MR) is 503 cm³/mol. The Bertz CT molecular complexity index is 7210. The molecule has 0 amide bonds. The monoisotopic (exact) mass is 1550 g/mol. The van der Waals surface area contributed by atoms with Crippen LogP contribution in [0.25, 0.3) is 202 Å². The molecule has 0 N–H and O–H groups in total. The van der Waals surface area contributed by atoms with Gasteiger partial charge in [-0.25, -0.2) is 29.9 Å². The molecular formula is C116H78N6. The number of hydrogen-bond acceptors (Lipinski definition) is 6. The van der Waals surface area contributed by atoms with Crippen molar-refractivity contribution in [1.82, 2.24) is 29.9 Å². The third kappa shape index (κ3) is 14.9. The maximum absolute atomic E-state index is 5.26. The van der Waals surface area contributed by atoms with E-state index in [2.05, 4.69) is 400 Å². The number of aromatic nitrogens is 6. The number of fused-ring (bicyclic) bond motifs is 6. The molecule has 0 saturated heterocycles. The van der Waals surface area contributed by atoms with Crippen molar-refractivity contribution in [2.45, 2.75) is 12.8 Å². The normalized spacial score (nSPS) is 11.5. The Labute approximate surface area is 711 Å². The molecule has 2 heterocycles. The third-order valence-electron chi connectivity index (χ3n) is 23.6. The molecule has 6 heteroatoms. The lowest BCUT2D eigenvalue weighted by Gasteiger charge is -2.15. The Morgan fingerprint density at radius 3 is 0.590 bits per heavy atom. The summed E-state index contributed by atoms with van der Waals surface area (Å²) in [5.74, 6) is 3.80. The summed E-state index contributed by atoms with van der Waals surface area (Å²) >= 11 is 0. The van der Waals surface area contributed by atoms with Crippen LogP contribution in [0.4, 0.5) is 0 Å². The Balaban J connectivity index is 0.000000150. The maximum Gasteiger partial charge on any atom is 0.164 e. The van der Waals surface area contributed by atoms with Gasteiger partial charge in [0.25, 0.3) is 0 Å². The van der Waals surface area contributed by atoms with Crippen molar-refractivity contribution in [3.63, 3.8) is 0 Å². The van der Waals surface area contributed by atoms with Gasteiger partial charge in [0.1, 0.15) is 0 Å². The molecule has 2 aromatic heterocycles. The first-order valence-corrected chi connectivity index (χ1v) is 41.6. The summed E-state index contributed by atoms with van der Waals surface area (Å²) in [4.78, 5) is 31.0. The van der Waals surface area contributed by atoms with Gasteiger partial charge in [-0.15, -0.1) is 0 Å². The molecule has 0 unspecified atom stereocenters. The summed E-state index contributed by atoms with van der Waals surface area (Å²) in [6.07, 6.45) is 1.68. The molecule has 0 spiro atoms. The van der Waals surface area contributed by atoms with Crippen LogP contribution in [0.1, 0.15) is 22.3 Å². The lowest BCUT2D eigenvalue weighted by molar-refractivity contribution is 1.07. The quantitative estimate of drug-likeness (QED) is 0.0959. The van der Waals surface area contributed by atoms with E-state index in [4.69, 9.17) is 29.9 Å². The maximum atomic E-state index is 5.26. The van der Waals surface area contributed by atoms with E-state index in [0.29, 0.717) is 34.9 Å². The Morgan fingerprint density at radius 1 is 0.107 bits per heavy atom. The van der Waals surface area contributed by atoms with Gasteiger partial charge in [-0.05, 0) is 211 Å². The van der Waals surface area contributed by atoms with E-state index >= 15 is 0 Å². The highest BCUT2D eigenvalue weighted by molar-refractivity contribution is 5.94. The average molecular weight is 1560 g/mol. The molecule has 2 aliphatic rings. The number of hydrogen-bond donors (Lipinski definition) is 0. The molecule has 18 aromatic carbocycles. The van der Waals surface area contributed by atoms with Crippen LogP contribution < -0.4 is 0 Å². The highest BCUT2D eigenvalue weighted by atomic mass is 15.0. The molecule has 2 aliphatic carbocycles. The fourth-order valence-corrected chi connectivity index (χ4v) is 17.5. The van der Waals surface area contributed by atoms with E-state index in [1.165, 1.54) is 106 Å². The van der Waals surface area contributed by atoms with Gasteiger partial charge in [-0.3, -0.25) is 0 Å². The Kier molecular flexibility index (Phi) is 19.8. The fraction of sp³-hybridized carbons (Fsp3) is 0.0172. The lowest BCUT2D eigenvalue weighted by atomic mass is 9.91. The number of rotatable bonds is 16. The van der Waals surface area contributed by atoms with Crippen molar-refractivity contribution in [2.75, 3.05) is 0 Å². The van der Waals surface area contributed by atoms with Crippen LogP contribution in [-0.4, -0.2) is 29.9 Å². The first-order valence-electron chi connectivity index (χ1n) is 41.6. The molecule has 122 heavy (non-hydrogen) atoms. The molecule has 6 nitrogen and oxygen atoms in total. The largest absolute Gasteiger partial charge is 0.208 e. The molecular weight excluding hydrogens is 1480 g/mol. The van der Waals surface area contributed by atoms with E-state index < -0.39 is 0 Å². The van der Waals surface area contributed by atoms with Crippen LogP contribution >= 0.6 is 0 Å². The zero-order valence-electron chi connectivity index (χ0n) is 66.8. The second kappa shape index (κ2) is 32.8.